The van der Waals surface area contributed by atoms with Gasteiger partial charge in [-0.2, -0.15) is 0 Å². The van der Waals surface area contributed by atoms with Gasteiger partial charge in [0.25, 0.3) is 0 Å². The van der Waals surface area contributed by atoms with Crippen molar-refractivity contribution in [3.05, 3.63) is 23.7 Å². The standard InChI is InChI=1S/C12H16ClN3O/c1-3-17-7-5-9(2)16-6-4-10-11(13)14-8-15-12(10)16/h4,6,8-9H,3,5,7H2,1-2H3. The highest BCUT2D eigenvalue weighted by molar-refractivity contribution is 6.33. The molecule has 2 heterocycles. The monoisotopic (exact) mass is 253 g/mol. The van der Waals surface area contributed by atoms with E-state index in [-0.39, 0.29) is 0 Å². The fourth-order valence-corrected chi connectivity index (χ4v) is 2.02. The van der Waals surface area contributed by atoms with E-state index in [0.29, 0.717) is 11.2 Å². The Hall–Kier alpha value is -1.13. The van der Waals surface area contributed by atoms with Crippen molar-refractivity contribution in [2.24, 2.45) is 0 Å². The Balaban J connectivity index is 2.21. The van der Waals surface area contributed by atoms with Crippen LogP contribution in [0.1, 0.15) is 26.3 Å². The molecule has 17 heavy (non-hydrogen) atoms. The van der Waals surface area contributed by atoms with Gasteiger partial charge in [-0.3, -0.25) is 0 Å². The highest BCUT2D eigenvalue weighted by atomic mass is 35.5. The Morgan fingerprint density at radius 1 is 1.47 bits per heavy atom. The first-order chi connectivity index (χ1) is 8.24. The van der Waals surface area contributed by atoms with E-state index in [0.717, 1.165) is 30.7 Å². The molecule has 2 aromatic heterocycles. The third kappa shape index (κ3) is 2.58. The highest BCUT2D eigenvalue weighted by Gasteiger charge is 2.11. The molecule has 1 unspecified atom stereocenters. The van der Waals surface area contributed by atoms with Gasteiger partial charge in [0.15, 0.2) is 0 Å². The summed E-state index contributed by atoms with van der Waals surface area (Å²) in [6, 6.07) is 2.29. The largest absolute Gasteiger partial charge is 0.382 e. The lowest BCUT2D eigenvalue weighted by Gasteiger charge is -2.14. The second-order valence-corrected chi connectivity index (χ2v) is 4.32. The number of ether oxygens (including phenoxy) is 1. The molecular weight excluding hydrogens is 238 g/mol. The van der Waals surface area contributed by atoms with Crippen molar-refractivity contribution in [2.45, 2.75) is 26.3 Å². The van der Waals surface area contributed by atoms with Crippen LogP contribution in [-0.2, 0) is 4.74 Å². The van der Waals surface area contributed by atoms with Gasteiger partial charge in [0.05, 0.1) is 5.39 Å². The lowest BCUT2D eigenvalue weighted by Crippen LogP contribution is -2.08. The van der Waals surface area contributed by atoms with Gasteiger partial charge >= 0.3 is 0 Å². The summed E-state index contributed by atoms with van der Waals surface area (Å²) in [7, 11) is 0. The molecule has 2 rings (SSSR count). The van der Waals surface area contributed by atoms with Crippen LogP contribution in [0.3, 0.4) is 0 Å². The number of halogens is 1. The van der Waals surface area contributed by atoms with Gasteiger partial charge < -0.3 is 9.30 Å². The molecule has 2 aromatic rings. The molecule has 0 N–H and O–H groups in total. The maximum atomic E-state index is 6.01. The Kier molecular flexibility index (Phi) is 3.97. The number of hydrogen-bond acceptors (Lipinski definition) is 3. The van der Waals surface area contributed by atoms with Gasteiger partial charge in [-0.1, -0.05) is 11.6 Å². The van der Waals surface area contributed by atoms with E-state index in [1.165, 1.54) is 6.33 Å². The van der Waals surface area contributed by atoms with E-state index in [9.17, 15) is 0 Å². The van der Waals surface area contributed by atoms with E-state index in [1.54, 1.807) is 0 Å². The Morgan fingerprint density at radius 3 is 3.06 bits per heavy atom. The first-order valence-corrected chi connectivity index (χ1v) is 6.16. The van der Waals surface area contributed by atoms with Crippen molar-refractivity contribution in [3.63, 3.8) is 0 Å². The molecule has 0 bridgehead atoms. The fraction of sp³-hybridized carbons (Fsp3) is 0.500. The Morgan fingerprint density at radius 2 is 2.29 bits per heavy atom. The predicted octanol–water partition coefficient (Wildman–Crippen LogP) is 3.07. The maximum absolute atomic E-state index is 6.01. The van der Waals surface area contributed by atoms with Crippen molar-refractivity contribution in [2.75, 3.05) is 13.2 Å². The Bertz CT molecular complexity index is 497. The number of hydrogen-bond donors (Lipinski definition) is 0. The average Bonchev–Trinajstić information content (AvgIpc) is 2.74. The van der Waals surface area contributed by atoms with Crippen LogP contribution >= 0.6 is 11.6 Å². The molecule has 0 saturated heterocycles. The zero-order valence-corrected chi connectivity index (χ0v) is 10.8. The minimum absolute atomic E-state index is 0.338. The minimum Gasteiger partial charge on any atom is -0.382 e. The molecule has 0 aliphatic rings. The molecule has 0 spiro atoms. The van der Waals surface area contributed by atoms with E-state index in [1.807, 2.05) is 19.2 Å². The third-order valence-electron chi connectivity index (χ3n) is 2.82. The molecule has 0 fully saturated rings. The smallest absolute Gasteiger partial charge is 0.145 e. The molecule has 0 aliphatic heterocycles. The van der Waals surface area contributed by atoms with Crippen LogP contribution < -0.4 is 0 Å². The van der Waals surface area contributed by atoms with Gasteiger partial charge in [-0.25, -0.2) is 9.97 Å². The zero-order chi connectivity index (χ0) is 12.3. The summed E-state index contributed by atoms with van der Waals surface area (Å²) in [5.41, 5.74) is 0.883. The summed E-state index contributed by atoms with van der Waals surface area (Å²) in [6.07, 6.45) is 4.46. The molecule has 0 radical (unpaired) electrons. The zero-order valence-electron chi connectivity index (χ0n) is 10.1. The van der Waals surface area contributed by atoms with Crippen LogP contribution in [-0.4, -0.2) is 27.7 Å². The van der Waals surface area contributed by atoms with Gasteiger partial charge in [0, 0.05) is 25.5 Å². The topological polar surface area (TPSA) is 39.9 Å². The second-order valence-electron chi connectivity index (χ2n) is 3.96. The molecule has 0 aromatic carbocycles. The van der Waals surface area contributed by atoms with Crippen LogP contribution in [0.15, 0.2) is 18.6 Å². The molecule has 1 atom stereocenters. The van der Waals surface area contributed by atoms with E-state index in [4.69, 9.17) is 16.3 Å². The lowest BCUT2D eigenvalue weighted by atomic mass is 10.2. The van der Waals surface area contributed by atoms with Crippen molar-refractivity contribution in [3.8, 4) is 0 Å². The normalized spacial score (nSPS) is 13.1. The van der Waals surface area contributed by atoms with Crippen molar-refractivity contribution >= 4 is 22.6 Å². The van der Waals surface area contributed by atoms with Crippen LogP contribution in [0.25, 0.3) is 11.0 Å². The summed E-state index contributed by atoms with van der Waals surface area (Å²) in [5, 5.41) is 1.41. The van der Waals surface area contributed by atoms with Crippen LogP contribution in [0.2, 0.25) is 5.15 Å². The Labute approximate surface area is 106 Å². The predicted molar refractivity (Wildman–Crippen MR) is 68.4 cm³/mol. The van der Waals surface area contributed by atoms with E-state index >= 15 is 0 Å². The van der Waals surface area contributed by atoms with E-state index < -0.39 is 0 Å². The average molecular weight is 254 g/mol. The van der Waals surface area contributed by atoms with Crippen molar-refractivity contribution in [1.29, 1.82) is 0 Å². The van der Waals surface area contributed by atoms with Gasteiger partial charge in [-0.15, -0.1) is 0 Å². The summed E-state index contributed by atoms with van der Waals surface area (Å²) in [4.78, 5) is 8.25. The third-order valence-corrected chi connectivity index (χ3v) is 3.12. The van der Waals surface area contributed by atoms with Gasteiger partial charge in [-0.05, 0) is 26.3 Å². The number of aromatic nitrogens is 3. The molecule has 0 amide bonds. The molecule has 0 aliphatic carbocycles. The molecule has 5 heteroatoms. The first kappa shape index (κ1) is 12.3. The number of fused-ring (bicyclic) bond motifs is 1. The molecule has 4 nitrogen and oxygen atoms in total. The number of nitrogens with zero attached hydrogens (tertiary/aromatic N) is 3. The van der Waals surface area contributed by atoms with Gasteiger partial charge in [0.1, 0.15) is 17.1 Å². The SMILES string of the molecule is CCOCCC(C)n1ccc2c(Cl)ncnc21. The summed E-state index contributed by atoms with van der Waals surface area (Å²) in [5.74, 6) is 0. The second kappa shape index (κ2) is 5.47. The van der Waals surface area contributed by atoms with Crippen LogP contribution in [0, 0.1) is 0 Å². The van der Waals surface area contributed by atoms with Crippen molar-refractivity contribution in [1.82, 2.24) is 14.5 Å². The maximum Gasteiger partial charge on any atom is 0.145 e. The summed E-state index contributed by atoms with van der Waals surface area (Å²) < 4.78 is 7.48. The minimum atomic E-state index is 0.338. The van der Waals surface area contributed by atoms with E-state index in [2.05, 4.69) is 21.5 Å². The lowest BCUT2D eigenvalue weighted by molar-refractivity contribution is 0.135. The highest BCUT2D eigenvalue weighted by Crippen LogP contribution is 2.24. The van der Waals surface area contributed by atoms with Crippen molar-refractivity contribution < 1.29 is 4.74 Å². The van der Waals surface area contributed by atoms with Crippen LogP contribution in [0.5, 0.6) is 0 Å². The first-order valence-electron chi connectivity index (χ1n) is 5.78. The molecule has 0 saturated carbocycles. The summed E-state index contributed by atoms with van der Waals surface area (Å²) >= 11 is 6.01. The summed E-state index contributed by atoms with van der Waals surface area (Å²) in [6.45, 7) is 5.67. The molecule has 92 valence electrons. The number of rotatable bonds is 5. The fourth-order valence-electron chi connectivity index (χ4n) is 1.83. The van der Waals surface area contributed by atoms with Gasteiger partial charge in [0.2, 0.25) is 0 Å². The molecular formula is C12H16ClN3O. The van der Waals surface area contributed by atoms with Crippen LogP contribution in [0.4, 0.5) is 0 Å². The quantitative estimate of drug-likeness (QED) is 0.607.